The van der Waals surface area contributed by atoms with Crippen LogP contribution in [0.3, 0.4) is 0 Å². The molecule has 0 heterocycles. The van der Waals surface area contributed by atoms with Crippen molar-refractivity contribution in [1.82, 2.24) is 5.32 Å². The summed E-state index contributed by atoms with van der Waals surface area (Å²) in [5.74, 6) is -0.485. The van der Waals surface area contributed by atoms with E-state index in [0.717, 1.165) is 89.9 Å². The molecule has 3 atom stereocenters. The first-order valence-corrected chi connectivity index (χ1v) is 26.4. The number of aliphatic hydroxyl groups excluding tert-OH is 2. The smallest absolute Gasteiger partial charge is 0.306 e. The number of ether oxygens (including phenoxy) is 1. The van der Waals surface area contributed by atoms with Gasteiger partial charge in [-0.1, -0.05) is 217 Å². The normalized spacial score (nSPS) is 13.6. The van der Waals surface area contributed by atoms with Crippen molar-refractivity contribution in [2.24, 2.45) is 0 Å². The van der Waals surface area contributed by atoms with Crippen molar-refractivity contribution in [3.05, 3.63) is 48.6 Å². The Labute approximate surface area is 378 Å². The number of esters is 1. The van der Waals surface area contributed by atoms with Gasteiger partial charge in [0.05, 0.1) is 25.2 Å². The van der Waals surface area contributed by atoms with E-state index in [9.17, 15) is 19.8 Å². The lowest BCUT2D eigenvalue weighted by Gasteiger charge is -2.24. The molecule has 6 nitrogen and oxygen atoms in total. The molecule has 0 rings (SSSR count). The van der Waals surface area contributed by atoms with Gasteiger partial charge in [0.25, 0.3) is 0 Å². The van der Waals surface area contributed by atoms with Crippen LogP contribution in [0.15, 0.2) is 48.6 Å². The summed E-state index contributed by atoms with van der Waals surface area (Å²) < 4.78 is 5.94. The number of carbonyl (C=O) groups is 2. The zero-order chi connectivity index (χ0) is 44.5. The Hall–Kier alpha value is -2.18. The third-order valence-electron chi connectivity index (χ3n) is 11.9. The van der Waals surface area contributed by atoms with Gasteiger partial charge in [0.2, 0.25) is 5.91 Å². The van der Waals surface area contributed by atoms with Crippen molar-refractivity contribution in [2.45, 2.75) is 283 Å². The minimum absolute atomic E-state index is 0.0696. The topological polar surface area (TPSA) is 95.9 Å². The van der Waals surface area contributed by atoms with Crippen molar-refractivity contribution in [3.63, 3.8) is 0 Å². The van der Waals surface area contributed by atoms with Crippen molar-refractivity contribution < 1.29 is 24.5 Å². The molecule has 6 heteroatoms. The summed E-state index contributed by atoms with van der Waals surface area (Å²) in [7, 11) is 0. The SMILES string of the molecule is CC/C=C/C/C=C/CCCCCCCCCC(=O)OC(CCCCCCCCC/C=C\C/C=C\CCCCC)CC(=O)NC(CO)C(O)CCCCCCCCCCCCC. The van der Waals surface area contributed by atoms with E-state index < -0.39 is 18.2 Å². The van der Waals surface area contributed by atoms with Gasteiger partial charge in [-0.2, -0.15) is 0 Å². The molecule has 0 radical (unpaired) electrons. The van der Waals surface area contributed by atoms with Gasteiger partial charge in [-0.25, -0.2) is 0 Å². The second-order valence-corrected chi connectivity index (χ2v) is 17.9. The van der Waals surface area contributed by atoms with Crippen LogP contribution in [0.2, 0.25) is 0 Å². The van der Waals surface area contributed by atoms with Crippen LogP contribution in [-0.2, 0) is 14.3 Å². The molecular weight excluding hydrogens is 755 g/mol. The van der Waals surface area contributed by atoms with Gasteiger partial charge in [-0.05, 0) is 83.5 Å². The minimum atomic E-state index is -0.790. The second-order valence-electron chi connectivity index (χ2n) is 17.9. The van der Waals surface area contributed by atoms with E-state index in [4.69, 9.17) is 4.74 Å². The zero-order valence-electron chi connectivity index (χ0n) is 40.5. The highest BCUT2D eigenvalue weighted by atomic mass is 16.5. The van der Waals surface area contributed by atoms with Gasteiger partial charge in [-0.15, -0.1) is 0 Å². The van der Waals surface area contributed by atoms with E-state index in [-0.39, 0.29) is 24.9 Å². The van der Waals surface area contributed by atoms with Crippen LogP contribution in [0.4, 0.5) is 0 Å². The molecule has 0 fully saturated rings. The van der Waals surface area contributed by atoms with Gasteiger partial charge >= 0.3 is 5.97 Å². The summed E-state index contributed by atoms with van der Waals surface area (Å²) in [6.45, 7) is 6.35. The standard InChI is InChI=1S/C55H101NO5/c1-4-7-10-13-16-19-22-24-26-27-28-29-32-34-37-40-43-46-51(61-55(60)48-45-42-39-36-33-30-25-23-20-17-14-11-8-5-2)49-54(59)56-52(50-57)53(58)47-44-41-38-35-31-21-18-15-12-9-6-3/h8,11,16-17,19-20,24,26,51-53,57-58H,4-7,9-10,12-15,18,21-23,25,27-50H2,1-3H3,(H,56,59)/b11-8+,19-16-,20-17+,26-24-. The van der Waals surface area contributed by atoms with Crippen molar-refractivity contribution in [2.75, 3.05) is 6.61 Å². The minimum Gasteiger partial charge on any atom is -0.462 e. The number of amides is 1. The Balaban J connectivity index is 4.60. The fourth-order valence-corrected chi connectivity index (χ4v) is 7.91. The quantitative estimate of drug-likeness (QED) is 0.0322. The number of rotatable bonds is 47. The number of aliphatic hydroxyl groups is 2. The molecule has 356 valence electrons. The molecular formula is C55H101NO5. The number of unbranched alkanes of at least 4 members (excludes halogenated alkanes) is 27. The fourth-order valence-electron chi connectivity index (χ4n) is 7.91. The van der Waals surface area contributed by atoms with Gasteiger partial charge in [0.1, 0.15) is 6.10 Å². The highest BCUT2D eigenvalue weighted by Crippen LogP contribution is 2.18. The van der Waals surface area contributed by atoms with Gasteiger partial charge < -0.3 is 20.3 Å². The lowest BCUT2D eigenvalue weighted by Crippen LogP contribution is -2.46. The number of carbonyl (C=O) groups excluding carboxylic acids is 2. The van der Waals surface area contributed by atoms with Crippen molar-refractivity contribution in [3.8, 4) is 0 Å². The van der Waals surface area contributed by atoms with Crippen LogP contribution in [0.25, 0.3) is 0 Å². The maximum absolute atomic E-state index is 13.2. The Morgan fingerprint density at radius 1 is 0.492 bits per heavy atom. The van der Waals surface area contributed by atoms with Crippen LogP contribution < -0.4 is 5.32 Å². The number of hydrogen-bond donors (Lipinski definition) is 3. The molecule has 1 amide bonds. The van der Waals surface area contributed by atoms with E-state index in [1.54, 1.807) is 0 Å². The lowest BCUT2D eigenvalue weighted by molar-refractivity contribution is -0.151. The third-order valence-corrected chi connectivity index (χ3v) is 11.9. The average Bonchev–Trinajstić information content (AvgIpc) is 3.25. The summed E-state index contributed by atoms with van der Waals surface area (Å²) in [4.78, 5) is 26.2. The molecule has 0 aromatic rings. The predicted molar refractivity (Wildman–Crippen MR) is 264 cm³/mol. The van der Waals surface area contributed by atoms with Crippen molar-refractivity contribution >= 4 is 11.9 Å². The first kappa shape index (κ1) is 58.8. The number of hydrogen-bond acceptors (Lipinski definition) is 5. The largest absolute Gasteiger partial charge is 0.462 e. The monoisotopic (exact) mass is 856 g/mol. The molecule has 0 aromatic heterocycles. The maximum atomic E-state index is 13.2. The lowest BCUT2D eigenvalue weighted by atomic mass is 10.0. The number of nitrogens with one attached hydrogen (secondary N) is 1. The molecule has 61 heavy (non-hydrogen) atoms. The molecule has 0 aliphatic rings. The van der Waals surface area contributed by atoms with Gasteiger partial charge in [0, 0.05) is 6.42 Å². The average molecular weight is 856 g/mol. The van der Waals surface area contributed by atoms with E-state index >= 15 is 0 Å². The molecule has 0 bridgehead atoms. The molecule has 3 unspecified atom stereocenters. The predicted octanol–water partition coefficient (Wildman–Crippen LogP) is 15.8. The third kappa shape index (κ3) is 44.2. The molecule has 3 N–H and O–H groups in total. The molecule has 0 saturated heterocycles. The Bertz CT molecular complexity index is 1050. The van der Waals surface area contributed by atoms with Crippen LogP contribution in [0.5, 0.6) is 0 Å². The van der Waals surface area contributed by atoms with Crippen LogP contribution in [0.1, 0.15) is 265 Å². The van der Waals surface area contributed by atoms with E-state index in [1.165, 1.54) is 128 Å². The maximum Gasteiger partial charge on any atom is 0.306 e. The van der Waals surface area contributed by atoms with Crippen LogP contribution in [-0.4, -0.2) is 46.9 Å². The second kappa shape index (κ2) is 48.8. The Morgan fingerprint density at radius 2 is 0.885 bits per heavy atom. The first-order chi connectivity index (χ1) is 30.0. The Kier molecular flexibility index (Phi) is 47.1. The summed E-state index contributed by atoms with van der Waals surface area (Å²) in [6.07, 6.45) is 58.8. The van der Waals surface area contributed by atoms with Crippen LogP contribution in [0, 0.1) is 0 Å². The van der Waals surface area contributed by atoms with Crippen molar-refractivity contribution in [1.29, 1.82) is 0 Å². The highest BCUT2D eigenvalue weighted by Gasteiger charge is 2.24. The number of allylic oxidation sites excluding steroid dienone is 8. The Morgan fingerprint density at radius 3 is 1.36 bits per heavy atom. The molecule has 0 aliphatic heterocycles. The van der Waals surface area contributed by atoms with Gasteiger partial charge in [-0.3, -0.25) is 9.59 Å². The molecule has 0 aromatic carbocycles. The highest BCUT2D eigenvalue weighted by molar-refractivity contribution is 5.77. The molecule has 0 saturated carbocycles. The van der Waals surface area contributed by atoms with E-state index in [1.807, 2.05) is 0 Å². The summed E-state index contributed by atoms with van der Waals surface area (Å²) >= 11 is 0. The summed E-state index contributed by atoms with van der Waals surface area (Å²) in [5, 5.41) is 23.8. The fraction of sp³-hybridized carbons (Fsp3) is 0.818. The van der Waals surface area contributed by atoms with E-state index in [2.05, 4.69) is 74.7 Å². The summed E-state index contributed by atoms with van der Waals surface area (Å²) in [6, 6.07) is -0.705. The first-order valence-electron chi connectivity index (χ1n) is 26.4. The van der Waals surface area contributed by atoms with Gasteiger partial charge in [0.15, 0.2) is 0 Å². The summed E-state index contributed by atoms with van der Waals surface area (Å²) in [5.41, 5.74) is 0. The molecule has 0 aliphatic carbocycles. The van der Waals surface area contributed by atoms with E-state index in [0.29, 0.717) is 19.3 Å². The molecule has 0 spiro atoms. The zero-order valence-corrected chi connectivity index (χ0v) is 40.5. The van der Waals surface area contributed by atoms with Crippen LogP contribution >= 0.6 is 0 Å².